The fourth-order valence-corrected chi connectivity index (χ4v) is 6.92. The number of alkyl halides is 1. The van der Waals surface area contributed by atoms with E-state index in [0.717, 1.165) is 57.6 Å². The minimum absolute atomic E-state index is 0.105. The first-order valence-electron chi connectivity index (χ1n) is 16.8. The summed E-state index contributed by atoms with van der Waals surface area (Å²) in [5.41, 5.74) is 6.01. The number of carbonyl (C=O) groups excluding carboxylic acids is 1. The molecule has 3 heterocycles. The molecule has 7 rings (SSSR count). The summed E-state index contributed by atoms with van der Waals surface area (Å²) < 4.78 is 33.1. The van der Waals surface area contributed by atoms with Crippen molar-refractivity contribution < 1.29 is 23.4 Å². The maximum absolute atomic E-state index is 13.5. The van der Waals surface area contributed by atoms with Gasteiger partial charge in [0.05, 0.1) is 50.2 Å². The highest BCUT2D eigenvalue weighted by molar-refractivity contribution is 5.88. The Kier molecular flexibility index (Phi) is 9.37. The molecule has 1 amide bonds. The zero-order chi connectivity index (χ0) is 34.8. The van der Waals surface area contributed by atoms with Gasteiger partial charge in [-0.05, 0) is 62.1 Å². The number of anilines is 1. The molecule has 10 nitrogen and oxygen atoms in total. The first kappa shape index (κ1) is 33.0. The summed E-state index contributed by atoms with van der Waals surface area (Å²) in [5.74, 6) is 2.37. The summed E-state index contributed by atoms with van der Waals surface area (Å²) in [4.78, 5) is 27.1. The van der Waals surface area contributed by atoms with Crippen LogP contribution in [0, 0.1) is 18.3 Å². The van der Waals surface area contributed by atoms with Crippen LogP contribution < -0.4 is 14.4 Å². The number of hydrogen-bond donors (Lipinski definition) is 0. The number of ether oxygens (including phenoxy) is 3. The Morgan fingerprint density at radius 1 is 1.02 bits per heavy atom. The van der Waals surface area contributed by atoms with E-state index < -0.39 is 12.3 Å². The summed E-state index contributed by atoms with van der Waals surface area (Å²) in [7, 11) is 3.28. The van der Waals surface area contributed by atoms with E-state index in [9.17, 15) is 14.4 Å². The molecule has 0 bridgehead atoms. The zero-order valence-corrected chi connectivity index (χ0v) is 28.4. The Hall–Kier alpha value is -5.47. The van der Waals surface area contributed by atoms with Crippen LogP contribution in [0.5, 0.6) is 11.5 Å². The minimum atomic E-state index is -0.978. The highest BCUT2D eigenvalue weighted by Crippen LogP contribution is 2.39. The van der Waals surface area contributed by atoms with Crippen LogP contribution >= 0.6 is 0 Å². The van der Waals surface area contributed by atoms with Gasteiger partial charge in [-0.3, -0.25) is 9.36 Å². The predicted molar refractivity (Wildman–Crippen MR) is 187 cm³/mol. The monoisotopic (exact) mass is 674 g/mol. The van der Waals surface area contributed by atoms with Gasteiger partial charge < -0.3 is 24.0 Å². The molecule has 5 aromatic rings. The average molecular weight is 675 g/mol. The number of hydrogen-bond acceptors (Lipinski definition) is 8. The van der Waals surface area contributed by atoms with E-state index in [-0.39, 0.29) is 25.6 Å². The van der Waals surface area contributed by atoms with Gasteiger partial charge >= 0.3 is 0 Å². The Bertz CT molecular complexity index is 2070. The number of carbonyl (C=O) groups is 1. The van der Waals surface area contributed by atoms with E-state index in [1.165, 1.54) is 4.90 Å². The summed E-state index contributed by atoms with van der Waals surface area (Å²) in [6.07, 6.45) is 0.782. The maximum atomic E-state index is 13.5. The number of aromatic nitrogens is 3. The summed E-state index contributed by atoms with van der Waals surface area (Å²) >= 11 is 0. The Morgan fingerprint density at radius 3 is 2.58 bits per heavy atom. The number of methoxy groups -OCH3 is 2. The third kappa shape index (κ3) is 6.46. The summed E-state index contributed by atoms with van der Waals surface area (Å²) in [5, 5.41) is 10.7. The minimum Gasteiger partial charge on any atom is -0.497 e. The third-order valence-electron chi connectivity index (χ3n) is 9.52. The van der Waals surface area contributed by atoms with E-state index in [4.69, 9.17) is 24.2 Å². The van der Waals surface area contributed by atoms with Crippen molar-refractivity contribution in [3.63, 3.8) is 0 Å². The maximum Gasteiger partial charge on any atom is 0.248 e. The number of fused-ring (bicyclic) bond motifs is 2. The van der Waals surface area contributed by atoms with Crippen LogP contribution in [-0.2, 0) is 29.0 Å². The number of halogens is 1. The molecule has 2 aromatic heterocycles. The Morgan fingerprint density at radius 2 is 1.84 bits per heavy atom. The molecular weight excluding hydrogens is 635 g/mol. The van der Waals surface area contributed by atoms with Crippen LogP contribution in [0.25, 0.3) is 16.9 Å². The topological polar surface area (TPSA) is 106 Å². The predicted octanol–water partition coefficient (Wildman–Crippen LogP) is 6.40. The average Bonchev–Trinajstić information content (AvgIpc) is 3.48. The van der Waals surface area contributed by atoms with E-state index in [0.29, 0.717) is 42.5 Å². The van der Waals surface area contributed by atoms with Gasteiger partial charge in [-0.15, -0.1) is 0 Å². The summed E-state index contributed by atoms with van der Waals surface area (Å²) in [6, 6.07) is 26.0. The largest absolute Gasteiger partial charge is 0.497 e. The highest BCUT2D eigenvalue weighted by Gasteiger charge is 2.33. The van der Waals surface area contributed by atoms with Gasteiger partial charge in [0.15, 0.2) is 0 Å². The molecule has 0 N–H and O–H groups in total. The van der Waals surface area contributed by atoms with Crippen molar-refractivity contribution in [1.82, 2.24) is 19.4 Å². The van der Waals surface area contributed by atoms with E-state index >= 15 is 0 Å². The highest BCUT2D eigenvalue weighted by atomic mass is 19.1. The van der Waals surface area contributed by atoms with Gasteiger partial charge in [-0.25, -0.2) is 9.37 Å². The molecule has 1 aliphatic carbocycles. The van der Waals surface area contributed by atoms with E-state index in [1.807, 2.05) is 66.1 Å². The van der Waals surface area contributed by atoms with Crippen molar-refractivity contribution in [2.24, 2.45) is 0 Å². The lowest BCUT2D eigenvalue weighted by molar-refractivity contribution is -0.145. The van der Waals surface area contributed by atoms with Crippen molar-refractivity contribution >= 4 is 22.6 Å². The normalized spacial score (nSPS) is 15.7. The Labute approximate surface area is 290 Å². The van der Waals surface area contributed by atoms with Crippen molar-refractivity contribution in [2.75, 3.05) is 38.8 Å². The van der Waals surface area contributed by atoms with E-state index in [2.05, 4.69) is 23.1 Å². The molecule has 0 radical (unpaired) electrons. The molecule has 0 saturated carbocycles. The molecule has 50 heavy (non-hydrogen) atoms. The quantitative estimate of drug-likeness (QED) is 0.159. The van der Waals surface area contributed by atoms with Crippen LogP contribution in [0.4, 0.5) is 10.2 Å². The van der Waals surface area contributed by atoms with Gasteiger partial charge in [-0.1, -0.05) is 36.4 Å². The number of aryl methyl sites for hydroxylation is 1. The molecule has 2 aliphatic rings. The van der Waals surface area contributed by atoms with Gasteiger partial charge in [0.1, 0.15) is 36.2 Å². The smallest absolute Gasteiger partial charge is 0.248 e. The third-order valence-corrected chi connectivity index (χ3v) is 9.52. The second kappa shape index (κ2) is 14.2. The van der Waals surface area contributed by atoms with Crippen molar-refractivity contribution in [1.29, 1.82) is 5.26 Å². The number of amides is 1. The lowest BCUT2D eigenvalue weighted by Crippen LogP contribution is -2.52. The van der Waals surface area contributed by atoms with Crippen LogP contribution in [0.1, 0.15) is 52.6 Å². The van der Waals surface area contributed by atoms with Gasteiger partial charge in [0.25, 0.3) is 0 Å². The van der Waals surface area contributed by atoms with E-state index in [1.54, 1.807) is 20.3 Å². The van der Waals surface area contributed by atoms with Crippen molar-refractivity contribution in [3.05, 3.63) is 106 Å². The van der Waals surface area contributed by atoms with Crippen LogP contribution in [-0.4, -0.2) is 65.4 Å². The van der Waals surface area contributed by atoms with Crippen LogP contribution in [0.15, 0.2) is 72.8 Å². The number of benzene rings is 3. The number of likely N-dealkylation sites (tertiary alicyclic amines) is 1. The zero-order valence-electron chi connectivity index (χ0n) is 28.4. The second-order valence-electron chi connectivity index (χ2n) is 12.8. The first-order chi connectivity index (χ1) is 24.4. The fraction of sp³-hybridized carbons (Fsp3) is 0.333. The second-order valence-corrected chi connectivity index (χ2v) is 12.8. The molecule has 1 fully saturated rings. The summed E-state index contributed by atoms with van der Waals surface area (Å²) in [6.45, 7) is 3.05. The molecule has 3 aromatic carbocycles. The van der Waals surface area contributed by atoms with Crippen molar-refractivity contribution in [3.8, 4) is 23.5 Å². The van der Waals surface area contributed by atoms with Crippen LogP contribution in [0.3, 0.4) is 0 Å². The van der Waals surface area contributed by atoms with Gasteiger partial charge in [0.2, 0.25) is 11.9 Å². The number of nitriles is 1. The van der Waals surface area contributed by atoms with Gasteiger partial charge in [-0.2, -0.15) is 10.2 Å². The standard InChI is InChI=1S/C39H39FN6O4/c1-25-17-32-27(19-41)11-7-13-33(32)46(25)39-42-37-31(12-8-14-34(37)50-24-36(47)44-22-29(40)23-44)38(43-39)45(20-26-9-5-4-6-10-26)21-28-15-16-30(48-2)18-35(28)49-3/h4-7,9-11,13,15-18,29,34H,8,12,14,20-24H2,1-3H3. The molecular formula is C39H39FN6O4. The fourth-order valence-electron chi connectivity index (χ4n) is 6.92. The number of nitrogens with zero attached hydrogens (tertiary/aromatic N) is 6. The molecule has 1 aliphatic heterocycles. The van der Waals surface area contributed by atoms with Gasteiger partial charge in [0, 0.05) is 41.4 Å². The van der Waals surface area contributed by atoms with Crippen molar-refractivity contribution in [2.45, 2.75) is 51.6 Å². The number of rotatable bonds is 11. The molecule has 1 unspecified atom stereocenters. The SMILES string of the molecule is COc1ccc(CN(Cc2ccccc2)c2nc(-n3c(C)cc4c(C#N)cccc43)nc3c2CCCC3OCC(=O)N2CC(F)C2)c(OC)c1. The molecule has 256 valence electrons. The molecule has 1 atom stereocenters. The first-order valence-corrected chi connectivity index (χ1v) is 16.8. The molecule has 0 spiro atoms. The van der Waals surface area contributed by atoms with Crippen LogP contribution in [0.2, 0.25) is 0 Å². The Balaban J connectivity index is 1.38. The lowest BCUT2D eigenvalue weighted by Gasteiger charge is -2.35. The lowest BCUT2D eigenvalue weighted by atomic mass is 9.93. The molecule has 1 saturated heterocycles. The molecule has 11 heteroatoms.